The van der Waals surface area contributed by atoms with Gasteiger partial charge in [-0.1, -0.05) is 23.7 Å². The van der Waals surface area contributed by atoms with Crippen molar-refractivity contribution in [1.82, 2.24) is 0 Å². The van der Waals surface area contributed by atoms with Gasteiger partial charge in [0.05, 0.1) is 5.60 Å². The summed E-state index contributed by atoms with van der Waals surface area (Å²) in [5.74, 6) is 0. The van der Waals surface area contributed by atoms with Crippen molar-refractivity contribution in [2.24, 2.45) is 0 Å². The predicted molar refractivity (Wildman–Crippen MR) is 73.0 cm³/mol. The van der Waals surface area contributed by atoms with E-state index in [0.29, 0.717) is 0 Å². The minimum absolute atomic E-state index is 0.0544. The summed E-state index contributed by atoms with van der Waals surface area (Å²) in [6, 6.07) is 7.90. The average Bonchev–Trinajstić information content (AvgIpc) is 2.27. The topological polar surface area (TPSA) is 9.23 Å². The number of benzene rings is 1. The molecule has 1 aliphatic rings. The maximum absolute atomic E-state index is 6.42. The molecule has 2 rings (SSSR count). The summed E-state index contributed by atoms with van der Waals surface area (Å²) >= 11 is 12.3. The van der Waals surface area contributed by atoms with Gasteiger partial charge < -0.3 is 4.74 Å². The first-order valence-electron chi connectivity index (χ1n) is 6.07. The number of alkyl halides is 1. The van der Waals surface area contributed by atoms with Gasteiger partial charge in [0.1, 0.15) is 0 Å². The molecule has 0 bridgehead atoms. The molecule has 0 amide bonds. The maximum atomic E-state index is 6.42. The van der Waals surface area contributed by atoms with Crippen molar-refractivity contribution in [1.29, 1.82) is 0 Å². The Morgan fingerprint density at radius 3 is 2.41 bits per heavy atom. The van der Waals surface area contributed by atoms with E-state index in [2.05, 4.69) is 0 Å². The molecule has 1 aromatic carbocycles. The van der Waals surface area contributed by atoms with Gasteiger partial charge in [0, 0.05) is 17.5 Å². The van der Waals surface area contributed by atoms with Crippen LogP contribution in [0.4, 0.5) is 0 Å². The summed E-state index contributed by atoms with van der Waals surface area (Å²) in [6.45, 7) is 0. The molecule has 0 spiro atoms. The van der Waals surface area contributed by atoms with Crippen LogP contribution in [0.1, 0.15) is 31.2 Å². The summed E-state index contributed by atoms with van der Waals surface area (Å²) in [6.07, 6.45) is 5.37. The highest BCUT2D eigenvalue weighted by Gasteiger charge is 2.38. The molecular weight excluding hydrogens is 255 g/mol. The van der Waals surface area contributed by atoms with Gasteiger partial charge >= 0.3 is 0 Å². The molecule has 1 aromatic rings. The summed E-state index contributed by atoms with van der Waals surface area (Å²) in [7, 11) is 1.80. The van der Waals surface area contributed by atoms with Crippen LogP contribution in [0.2, 0.25) is 5.02 Å². The molecule has 1 atom stereocenters. The third-order valence-corrected chi connectivity index (χ3v) is 4.22. The van der Waals surface area contributed by atoms with Crippen LogP contribution in [0.5, 0.6) is 0 Å². The van der Waals surface area contributed by atoms with Gasteiger partial charge in [-0.05, 0) is 49.8 Å². The normalized spacial score (nSPS) is 19.7. The predicted octanol–water partition coefficient (Wildman–Crippen LogP) is 4.45. The van der Waals surface area contributed by atoms with Crippen molar-refractivity contribution in [3.05, 3.63) is 34.9 Å². The fourth-order valence-corrected chi connectivity index (χ4v) is 3.00. The zero-order valence-corrected chi connectivity index (χ0v) is 11.6. The minimum atomic E-state index is 0.0544. The quantitative estimate of drug-likeness (QED) is 0.720. The molecule has 0 aliphatic heterocycles. The van der Waals surface area contributed by atoms with Crippen molar-refractivity contribution in [3.8, 4) is 0 Å². The second-order valence-corrected chi connectivity index (χ2v) is 5.93. The van der Waals surface area contributed by atoms with Crippen LogP contribution in [0.15, 0.2) is 24.3 Å². The summed E-state index contributed by atoms with van der Waals surface area (Å²) < 4.78 is 5.60. The molecular formula is C14H18Cl2O. The summed E-state index contributed by atoms with van der Waals surface area (Å²) in [4.78, 5) is 0. The maximum Gasteiger partial charge on any atom is 0.0693 e. The van der Waals surface area contributed by atoms with Crippen molar-refractivity contribution in [3.63, 3.8) is 0 Å². The number of methoxy groups -OCH3 is 1. The fourth-order valence-electron chi connectivity index (χ4n) is 2.41. The van der Waals surface area contributed by atoms with E-state index in [9.17, 15) is 0 Å². The Morgan fingerprint density at radius 1 is 1.29 bits per heavy atom. The van der Waals surface area contributed by atoms with Crippen molar-refractivity contribution >= 4 is 23.2 Å². The van der Waals surface area contributed by atoms with Gasteiger partial charge in [-0.2, -0.15) is 0 Å². The second kappa shape index (κ2) is 5.60. The lowest BCUT2D eigenvalue weighted by atomic mass is 9.76. The lowest BCUT2D eigenvalue weighted by Gasteiger charge is -2.41. The lowest BCUT2D eigenvalue weighted by Crippen LogP contribution is -2.41. The first-order valence-corrected chi connectivity index (χ1v) is 6.89. The van der Waals surface area contributed by atoms with E-state index in [0.717, 1.165) is 30.7 Å². The number of halogens is 2. The van der Waals surface area contributed by atoms with E-state index in [-0.39, 0.29) is 11.0 Å². The third-order valence-electron chi connectivity index (χ3n) is 3.66. The van der Waals surface area contributed by atoms with Crippen LogP contribution in [-0.2, 0) is 11.2 Å². The molecule has 1 aliphatic carbocycles. The summed E-state index contributed by atoms with van der Waals surface area (Å²) in [5.41, 5.74) is 1.29. The molecule has 1 nitrogen and oxygen atoms in total. The van der Waals surface area contributed by atoms with Crippen LogP contribution in [0.25, 0.3) is 0 Å². The van der Waals surface area contributed by atoms with E-state index >= 15 is 0 Å². The van der Waals surface area contributed by atoms with Crippen LogP contribution in [-0.4, -0.2) is 18.1 Å². The molecule has 0 radical (unpaired) electrons. The van der Waals surface area contributed by atoms with Crippen LogP contribution in [0.3, 0.4) is 0 Å². The van der Waals surface area contributed by atoms with Gasteiger partial charge in [0.15, 0.2) is 0 Å². The zero-order chi connectivity index (χ0) is 12.3. The monoisotopic (exact) mass is 272 g/mol. The fraction of sp³-hybridized carbons (Fsp3) is 0.571. The number of rotatable bonds is 5. The first-order chi connectivity index (χ1) is 8.13. The second-order valence-electron chi connectivity index (χ2n) is 4.87. The molecule has 3 heteroatoms. The molecule has 0 aromatic heterocycles. The Morgan fingerprint density at radius 2 is 1.94 bits per heavy atom. The molecule has 0 N–H and O–H groups in total. The highest BCUT2D eigenvalue weighted by molar-refractivity contribution is 6.30. The van der Waals surface area contributed by atoms with Gasteiger partial charge in [-0.3, -0.25) is 0 Å². The Bertz CT molecular complexity index is 351. The molecule has 1 saturated carbocycles. The number of hydrogen-bond donors (Lipinski definition) is 0. The van der Waals surface area contributed by atoms with E-state index in [1.54, 1.807) is 7.11 Å². The molecule has 1 fully saturated rings. The average molecular weight is 273 g/mol. The SMILES string of the molecule is COC1(CC(Cl)Cc2ccc(Cl)cc2)CCC1. The highest BCUT2D eigenvalue weighted by atomic mass is 35.5. The van der Waals surface area contributed by atoms with Gasteiger partial charge in [0.2, 0.25) is 0 Å². The number of ether oxygens (including phenoxy) is 1. The van der Waals surface area contributed by atoms with Gasteiger partial charge in [-0.25, -0.2) is 0 Å². The Hall–Kier alpha value is -0.240. The third kappa shape index (κ3) is 3.37. The molecule has 1 unspecified atom stereocenters. The molecule has 0 heterocycles. The lowest BCUT2D eigenvalue weighted by molar-refractivity contribution is -0.0777. The molecule has 17 heavy (non-hydrogen) atoms. The van der Waals surface area contributed by atoms with Gasteiger partial charge in [-0.15, -0.1) is 11.6 Å². The smallest absolute Gasteiger partial charge is 0.0693 e. The highest BCUT2D eigenvalue weighted by Crippen LogP contribution is 2.40. The van der Waals surface area contributed by atoms with Gasteiger partial charge in [0.25, 0.3) is 0 Å². The van der Waals surface area contributed by atoms with Crippen molar-refractivity contribution in [2.45, 2.75) is 43.1 Å². The first kappa shape index (κ1) is 13.2. The Balaban J connectivity index is 1.88. The van der Waals surface area contributed by atoms with Crippen LogP contribution >= 0.6 is 23.2 Å². The standard InChI is InChI=1S/C14H18Cl2O/c1-17-14(7-2-8-14)10-13(16)9-11-3-5-12(15)6-4-11/h3-6,13H,2,7-10H2,1H3. The van der Waals surface area contributed by atoms with Crippen LogP contribution < -0.4 is 0 Å². The minimum Gasteiger partial charge on any atom is -0.378 e. The largest absolute Gasteiger partial charge is 0.378 e. The van der Waals surface area contributed by atoms with E-state index < -0.39 is 0 Å². The molecule has 0 saturated heterocycles. The van der Waals surface area contributed by atoms with Crippen molar-refractivity contribution in [2.75, 3.05) is 7.11 Å². The van der Waals surface area contributed by atoms with E-state index in [1.165, 1.54) is 12.0 Å². The van der Waals surface area contributed by atoms with Crippen molar-refractivity contribution < 1.29 is 4.74 Å². The Labute approximate surface area is 113 Å². The van der Waals surface area contributed by atoms with E-state index in [1.807, 2.05) is 24.3 Å². The Kier molecular flexibility index (Phi) is 4.35. The van der Waals surface area contributed by atoms with E-state index in [4.69, 9.17) is 27.9 Å². The summed E-state index contributed by atoms with van der Waals surface area (Å²) in [5, 5.41) is 0.906. The number of hydrogen-bond acceptors (Lipinski definition) is 1. The molecule has 94 valence electrons. The zero-order valence-electron chi connectivity index (χ0n) is 10.1. The van der Waals surface area contributed by atoms with Crippen LogP contribution in [0, 0.1) is 0 Å².